The summed E-state index contributed by atoms with van der Waals surface area (Å²) in [7, 11) is 0. The van der Waals surface area contributed by atoms with Crippen LogP contribution in [0, 0.1) is 0 Å². The normalized spacial score (nSPS) is 11.3. The van der Waals surface area contributed by atoms with Gasteiger partial charge in [-0.1, -0.05) is 49.4 Å². The van der Waals surface area contributed by atoms with Gasteiger partial charge in [-0.05, 0) is 18.6 Å². The Morgan fingerprint density at radius 3 is 2.58 bits per heavy atom. The van der Waals surface area contributed by atoms with Gasteiger partial charge in [0.05, 0.1) is 24.1 Å². The lowest BCUT2D eigenvalue weighted by Crippen LogP contribution is -2.15. The van der Waals surface area contributed by atoms with Crippen molar-refractivity contribution in [3.63, 3.8) is 0 Å². The van der Waals surface area contributed by atoms with E-state index < -0.39 is 0 Å². The Kier molecular flexibility index (Phi) is 4.75. The molecular weight excluding hydrogens is 324 g/mol. The van der Waals surface area contributed by atoms with Gasteiger partial charge in [-0.3, -0.25) is 0 Å². The maximum atomic E-state index is 4.67. The zero-order chi connectivity index (χ0) is 17.8. The number of imidazole rings is 1. The first-order valence-corrected chi connectivity index (χ1v) is 8.97. The van der Waals surface area contributed by atoms with Crippen molar-refractivity contribution in [3.05, 3.63) is 66.1 Å². The Bertz CT molecular complexity index is 953. The van der Waals surface area contributed by atoms with Crippen molar-refractivity contribution >= 4 is 11.0 Å². The molecule has 0 amide bonds. The molecule has 0 aliphatic heterocycles. The lowest BCUT2D eigenvalue weighted by molar-refractivity contribution is 0.520. The second kappa shape index (κ2) is 7.49. The van der Waals surface area contributed by atoms with E-state index in [4.69, 9.17) is 0 Å². The van der Waals surface area contributed by atoms with Crippen molar-refractivity contribution < 1.29 is 0 Å². The third-order valence-electron chi connectivity index (χ3n) is 4.22. The van der Waals surface area contributed by atoms with Gasteiger partial charge in [-0.2, -0.15) is 15.0 Å². The van der Waals surface area contributed by atoms with Crippen molar-refractivity contribution in [2.45, 2.75) is 33.0 Å². The predicted molar refractivity (Wildman–Crippen MR) is 102 cm³/mol. The summed E-state index contributed by atoms with van der Waals surface area (Å²) >= 11 is 0. The average Bonchev–Trinajstić information content (AvgIpc) is 3.26. The van der Waals surface area contributed by atoms with Crippen molar-refractivity contribution in [3.8, 4) is 11.3 Å². The van der Waals surface area contributed by atoms with Crippen molar-refractivity contribution in [1.82, 2.24) is 30.3 Å². The molecule has 6 heteroatoms. The molecule has 2 aromatic carbocycles. The molecule has 2 N–H and O–H groups in total. The predicted octanol–water partition coefficient (Wildman–Crippen LogP) is 3.52. The first-order valence-electron chi connectivity index (χ1n) is 8.97. The largest absolute Gasteiger partial charge is 0.341 e. The summed E-state index contributed by atoms with van der Waals surface area (Å²) in [5.41, 5.74) is 5.04. The molecule has 0 aliphatic rings. The molecule has 0 bridgehead atoms. The summed E-state index contributed by atoms with van der Waals surface area (Å²) < 4.78 is 0. The minimum Gasteiger partial charge on any atom is -0.341 e. The van der Waals surface area contributed by atoms with E-state index in [1.165, 1.54) is 0 Å². The number of nitrogens with one attached hydrogen (secondary N) is 2. The van der Waals surface area contributed by atoms with Crippen LogP contribution in [-0.2, 0) is 19.6 Å². The van der Waals surface area contributed by atoms with Crippen LogP contribution in [0.15, 0.2) is 54.6 Å². The van der Waals surface area contributed by atoms with Crippen LogP contribution in [0.5, 0.6) is 0 Å². The van der Waals surface area contributed by atoms with E-state index in [9.17, 15) is 0 Å². The van der Waals surface area contributed by atoms with Crippen LogP contribution >= 0.6 is 0 Å². The van der Waals surface area contributed by atoms with Crippen molar-refractivity contribution in [2.24, 2.45) is 0 Å². The van der Waals surface area contributed by atoms with Gasteiger partial charge < -0.3 is 10.3 Å². The fraction of sp³-hybridized carbons (Fsp3) is 0.250. The fourth-order valence-electron chi connectivity index (χ4n) is 3.01. The summed E-state index contributed by atoms with van der Waals surface area (Å²) in [5, 5.41) is 12.8. The van der Waals surface area contributed by atoms with E-state index in [1.807, 2.05) is 42.5 Å². The zero-order valence-corrected chi connectivity index (χ0v) is 14.8. The Balaban J connectivity index is 1.50. The molecule has 0 radical (unpaired) electrons. The van der Waals surface area contributed by atoms with Crippen LogP contribution in [0.3, 0.4) is 0 Å². The van der Waals surface area contributed by atoms with E-state index in [0.717, 1.165) is 46.8 Å². The van der Waals surface area contributed by atoms with Gasteiger partial charge in [-0.15, -0.1) is 0 Å². The summed E-state index contributed by atoms with van der Waals surface area (Å²) in [4.78, 5) is 9.73. The SMILES string of the molecule is CCCn1nc(CNCc2nc3ccccc3[nH]2)c(-c2ccccc2)n1. The fourth-order valence-corrected chi connectivity index (χ4v) is 3.01. The molecule has 0 saturated heterocycles. The lowest BCUT2D eigenvalue weighted by atomic mass is 10.1. The number of fused-ring (bicyclic) bond motifs is 1. The first-order chi connectivity index (χ1) is 12.8. The number of hydrogen-bond acceptors (Lipinski definition) is 4. The third-order valence-corrected chi connectivity index (χ3v) is 4.22. The molecule has 4 rings (SSSR count). The Morgan fingerprint density at radius 2 is 1.77 bits per heavy atom. The van der Waals surface area contributed by atoms with E-state index in [2.05, 4.69) is 44.5 Å². The number of nitrogens with zero attached hydrogens (tertiary/aromatic N) is 4. The molecule has 132 valence electrons. The highest BCUT2D eigenvalue weighted by Gasteiger charge is 2.13. The molecule has 0 fully saturated rings. The first kappa shape index (κ1) is 16.5. The molecule has 0 saturated carbocycles. The minimum absolute atomic E-state index is 0.644. The number of aryl methyl sites for hydroxylation is 1. The van der Waals surface area contributed by atoms with Crippen molar-refractivity contribution in [2.75, 3.05) is 0 Å². The minimum atomic E-state index is 0.644. The van der Waals surface area contributed by atoms with Gasteiger partial charge in [0.25, 0.3) is 0 Å². The van der Waals surface area contributed by atoms with Crippen LogP contribution < -0.4 is 5.32 Å². The average molecular weight is 346 g/mol. The van der Waals surface area contributed by atoms with Crippen molar-refractivity contribution in [1.29, 1.82) is 0 Å². The van der Waals surface area contributed by atoms with Crippen LogP contribution in [0.4, 0.5) is 0 Å². The summed E-state index contributed by atoms with van der Waals surface area (Å²) in [6.07, 6.45) is 1.01. The van der Waals surface area contributed by atoms with Gasteiger partial charge in [0.1, 0.15) is 17.2 Å². The number of hydrogen-bond donors (Lipinski definition) is 2. The molecule has 0 unspecified atom stereocenters. The summed E-state index contributed by atoms with van der Waals surface area (Å²) in [6, 6.07) is 18.3. The summed E-state index contributed by atoms with van der Waals surface area (Å²) in [6.45, 7) is 4.25. The maximum absolute atomic E-state index is 4.67. The second-order valence-corrected chi connectivity index (χ2v) is 6.26. The van der Waals surface area contributed by atoms with Gasteiger partial charge in [0.2, 0.25) is 0 Å². The number of aromatic amines is 1. The third kappa shape index (κ3) is 3.50. The van der Waals surface area contributed by atoms with Gasteiger partial charge >= 0.3 is 0 Å². The molecule has 6 nitrogen and oxygen atoms in total. The van der Waals surface area contributed by atoms with E-state index in [-0.39, 0.29) is 0 Å². The number of benzene rings is 2. The van der Waals surface area contributed by atoms with Gasteiger partial charge in [-0.25, -0.2) is 4.98 Å². The molecule has 26 heavy (non-hydrogen) atoms. The molecule has 4 aromatic rings. The monoisotopic (exact) mass is 346 g/mol. The molecule has 0 atom stereocenters. The molecule has 0 aliphatic carbocycles. The number of aromatic nitrogens is 5. The smallest absolute Gasteiger partial charge is 0.121 e. The van der Waals surface area contributed by atoms with E-state index in [1.54, 1.807) is 4.80 Å². The Labute approximate surface area is 152 Å². The lowest BCUT2D eigenvalue weighted by Gasteiger charge is -2.02. The molecule has 2 aromatic heterocycles. The highest BCUT2D eigenvalue weighted by molar-refractivity contribution is 5.74. The maximum Gasteiger partial charge on any atom is 0.121 e. The molecular formula is C20H22N6. The second-order valence-electron chi connectivity index (χ2n) is 6.26. The topological polar surface area (TPSA) is 71.4 Å². The van der Waals surface area contributed by atoms with Crippen LogP contribution in [0.2, 0.25) is 0 Å². The van der Waals surface area contributed by atoms with E-state index in [0.29, 0.717) is 13.1 Å². The zero-order valence-electron chi connectivity index (χ0n) is 14.8. The summed E-state index contributed by atoms with van der Waals surface area (Å²) in [5.74, 6) is 0.924. The highest BCUT2D eigenvalue weighted by Crippen LogP contribution is 2.20. The van der Waals surface area contributed by atoms with Gasteiger partial charge in [0.15, 0.2) is 0 Å². The van der Waals surface area contributed by atoms with Crippen LogP contribution in [0.1, 0.15) is 24.9 Å². The number of H-pyrrole nitrogens is 1. The Hall–Kier alpha value is -2.99. The quantitative estimate of drug-likeness (QED) is 0.537. The molecule has 2 heterocycles. The molecule has 0 spiro atoms. The van der Waals surface area contributed by atoms with Crippen LogP contribution in [-0.4, -0.2) is 25.0 Å². The Morgan fingerprint density at radius 1 is 0.962 bits per heavy atom. The standard InChI is InChI=1S/C20H22N6/c1-2-12-26-24-18(20(25-26)15-8-4-3-5-9-15)13-21-14-19-22-16-10-6-7-11-17(16)23-19/h3-11,21H,2,12-14H2,1H3,(H,22,23). The van der Waals surface area contributed by atoms with Crippen LogP contribution in [0.25, 0.3) is 22.3 Å². The van der Waals surface area contributed by atoms with Gasteiger partial charge in [0, 0.05) is 12.1 Å². The number of rotatable bonds is 7. The highest BCUT2D eigenvalue weighted by atomic mass is 15.5. The number of para-hydroxylation sites is 2. The van der Waals surface area contributed by atoms with E-state index >= 15 is 0 Å².